The van der Waals surface area contributed by atoms with E-state index in [-0.39, 0.29) is 23.8 Å². The summed E-state index contributed by atoms with van der Waals surface area (Å²) in [5.74, 6) is 2.45. The third kappa shape index (κ3) is 6.20. The Morgan fingerprint density at radius 3 is 2.38 bits per heavy atom. The lowest BCUT2D eigenvalue weighted by Gasteiger charge is -2.31. The lowest BCUT2D eigenvalue weighted by molar-refractivity contribution is -0.144. The summed E-state index contributed by atoms with van der Waals surface area (Å²) < 4.78 is 4.86. The number of esters is 1. The average Bonchev–Trinajstić information content (AvgIpc) is 2.65. The van der Waals surface area contributed by atoms with Gasteiger partial charge in [-0.15, -0.1) is 11.5 Å². The Labute approximate surface area is 175 Å². The summed E-state index contributed by atoms with van der Waals surface area (Å²) in [6, 6.07) is 13.2. The molecule has 0 unspecified atom stereocenters. The number of carbonyl (C=O) groups excluding carboxylic acids is 2. The van der Waals surface area contributed by atoms with Crippen LogP contribution in [0.15, 0.2) is 42.5 Å². The van der Waals surface area contributed by atoms with Gasteiger partial charge in [-0.25, -0.2) is 4.79 Å². The molecule has 0 spiro atoms. The van der Waals surface area contributed by atoms with Crippen molar-refractivity contribution in [2.45, 2.75) is 57.8 Å². The predicted molar refractivity (Wildman–Crippen MR) is 121 cm³/mol. The van der Waals surface area contributed by atoms with E-state index in [4.69, 9.17) is 4.74 Å². The van der Waals surface area contributed by atoms with Crippen molar-refractivity contribution in [1.82, 2.24) is 5.32 Å². The minimum absolute atomic E-state index is 0.139. The Hall–Kier alpha value is -2.58. The second-order valence-electron chi connectivity index (χ2n) is 8.88. The Kier molecular flexibility index (Phi) is 7.26. The average molecular weight is 410 g/mol. The zero-order valence-electron chi connectivity index (χ0n) is 18.3. The van der Waals surface area contributed by atoms with E-state index in [1.807, 2.05) is 42.5 Å². The maximum absolute atomic E-state index is 12.5. The highest BCUT2D eigenvalue weighted by Crippen LogP contribution is 2.35. The Bertz CT molecular complexity index is 948. The third-order valence-electron chi connectivity index (χ3n) is 5.58. The summed E-state index contributed by atoms with van der Waals surface area (Å²) in [7, 11) is -0.444. The maximum Gasteiger partial charge on any atom is 0.329 e. The third-order valence-corrected chi connectivity index (χ3v) is 10.1. The first kappa shape index (κ1) is 22.7. The second kappa shape index (κ2) is 9.28. The number of hydrogen-bond donors (Lipinski definition) is 1. The summed E-state index contributed by atoms with van der Waals surface area (Å²) in [5.41, 5.74) is 4.28. The highest BCUT2D eigenvalue weighted by molar-refractivity contribution is 6.87. The van der Waals surface area contributed by atoms with Gasteiger partial charge in [0.05, 0.1) is 13.5 Å². The van der Waals surface area contributed by atoms with Crippen LogP contribution in [-0.2, 0) is 20.7 Å². The van der Waals surface area contributed by atoms with E-state index in [2.05, 4.69) is 50.6 Å². The molecule has 0 saturated heterocycles. The van der Waals surface area contributed by atoms with E-state index in [9.17, 15) is 9.59 Å². The van der Waals surface area contributed by atoms with Crippen LogP contribution in [0.5, 0.6) is 0 Å². The van der Waals surface area contributed by atoms with E-state index < -0.39 is 20.1 Å². The molecule has 1 N–H and O–H groups in total. The van der Waals surface area contributed by atoms with E-state index in [0.717, 1.165) is 16.3 Å². The van der Waals surface area contributed by atoms with Crippen molar-refractivity contribution in [3.8, 4) is 11.5 Å². The van der Waals surface area contributed by atoms with Crippen molar-refractivity contribution in [2.75, 3.05) is 7.11 Å². The van der Waals surface area contributed by atoms with Crippen molar-refractivity contribution in [3.63, 3.8) is 0 Å². The zero-order valence-corrected chi connectivity index (χ0v) is 19.3. The molecule has 154 valence electrons. The highest BCUT2D eigenvalue weighted by Gasteiger charge is 2.33. The molecule has 0 heterocycles. The molecule has 0 saturated carbocycles. The number of fused-ring (bicyclic) bond motifs is 1. The van der Waals surface area contributed by atoms with Crippen LogP contribution in [0.2, 0.25) is 18.1 Å². The highest BCUT2D eigenvalue weighted by atomic mass is 28.3. The monoisotopic (exact) mass is 409 g/mol. The first-order valence-corrected chi connectivity index (χ1v) is 12.9. The van der Waals surface area contributed by atoms with Gasteiger partial charge in [-0.3, -0.25) is 4.79 Å². The van der Waals surface area contributed by atoms with E-state index in [1.54, 1.807) is 0 Å². The lowest BCUT2D eigenvalue weighted by Crippen LogP contribution is -2.42. The molecule has 1 amide bonds. The standard InChI is InChI=1S/C24H31NO3Si/c1-24(2,3)29(5,6)15-9-12-21(23(27)28-4)25-22(26)17-18-13-14-19-10-7-8-11-20(19)16-18/h7-8,10-11,13-14,16,21H,12,17H2,1-6H3,(H,25,26)/t21-/m1/s1. The van der Waals surface area contributed by atoms with Gasteiger partial charge < -0.3 is 10.1 Å². The molecule has 4 nitrogen and oxygen atoms in total. The molecule has 1 atom stereocenters. The molecule has 0 aliphatic heterocycles. The number of nitrogens with one attached hydrogen (secondary N) is 1. The molecule has 2 aromatic rings. The number of ether oxygens (including phenoxy) is 1. The van der Waals surface area contributed by atoms with Crippen LogP contribution in [0.1, 0.15) is 32.8 Å². The van der Waals surface area contributed by atoms with Gasteiger partial charge in [0.2, 0.25) is 5.91 Å². The van der Waals surface area contributed by atoms with Crippen LogP contribution in [-0.4, -0.2) is 33.1 Å². The minimum atomic E-state index is -1.77. The van der Waals surface area contributed by atoms with Gasteiger partial charge >= 0.3 is 5.97 Å². The number of benzene rings is 2. The molecule has 2 aromatic carbocycles. The van der Waals surface area contributed by atoms with Crippen LogP contribution in [0, 0.1) is 11.5 Å². The number of methoxy groups -OCH3 is 1. The predicted octanol–water partition coefficient (Wildman–Crippen LogP) is 4.48. The number of rotatable bonds is 5. The van der Waals surface area contributed by atoms with Crippen molar-refractivity contribution in [1.29, 1.82) is 0 Å². The Balaban J connectivity index is 2.07. The number of carbonyl (C=O) groups is 2. The molecule has 0 bridgehead atoms. The van der Waals surface area contributed by atoms with Gasteiger partial charge in [0, 0.05) is 6.42 Å². The van der Waals surface area contributed by atoms with Crippen molar-refractivity contribution in [3.05, 3.63) is 48.0 Å². The van der Waals surface area contributed by atoms with Gasteiger partial charge in [0.1, 0.15) is 14.1 Å². The van der Waals surface area contributed by atoms with Crippen molar-refractivity contribution < 1.29 is 14.3 Å². The number of amides is 1. The fraction of sp³-hybridized carbons (Fsp3) is 0.417. The summed E-state index contributed by atoms with van der Waals surface area (Å²) in [5, 5.41) is 5.14. The summed E-state index contributed by atoms with van der Waals surface area (Å²) in [6.07, 6.45) is 0.455. The quantitative estimate of drug-likeness (QED) is 0.450. The molecule has 0 radical (unpaired) electrons. The minimum Gasteiger partial charge on any atom is -0.467 e. The summed E-state index contributed by atoms with van der Waals surface area (Å²) in [6.45, 7) is 11.0. The van der Waals surface area contributed by atoms with E-state index in [0.29, 0.717) is 0 Å². The Morgan fingerprint density at radius 2 is 1.76 bits per heavy atom. The number of hydrogen-bond acceptors (Lipinski definition) is 3. The lowest BCUT2D eigenvalue weighted by atomic mass is 10.0. The molecule has 2 rings (SSSR count). The molecule has 29 heavy (non-hydrogen) atoms. The van der Waals surface area contributed by atoms with Gasteiger partial charge in [-0.1, -0.05) is 76.3 Å². The van der Waals surface area contributed by atoms with Gasteiger partial charge in [-0.2, -0.15) is 0 Å². The fourth-order valence-electron chi connectivity index (χ4n) is 2.68. The molecular formula is C24H31NO3Si. The summed E-state index contributed by atoms with van der Waals surface area (Å²) in [4.78, 5) is 24.7. The maximum atomic E-state index is 12.5. The SMILES string of the molecule is COC(=O)[C@@H](CC#C[Si](C)(C)C(C)(C)C)NC(=O)Cc1ccc2ccccc2c1. The Morgan fingerprint density at radius 1 is 1.10 bits per heavy atom. The smallest absolute Gasteiger partial charge is 0.329 e. The molecule has 0 aliphatic carbocycles. The zero-order chi connectivity index (χ0) is 21.7. The fourth-order valence-corrected chi connectivity index (χ4v) is 3.60. The van der Waals surface area contributed by atoms with Crippen LogP contribution < -0.4 is 5.32 Å². The largest absolute Gasteiger partial charge is 0.467 e. The van der Waals surface area contributed by atoms with Gasteiger partial charge in [0.15, 0.2) is 0 Å². The molecular weight excluding hydrogens is 378 g/mol. The van der Waals surface area contributed by atoms with Crippen LogP contribution >= 0.6 is 0 Å². The van der Waals surface area contributed by atoms with Crippen molar-refractivity contribution in [2.24, 2.45) is 0 Å². The van der Waals surface area contributed by atoms with E-state index >= 15 is 0 Å². The normalized spacial score (nSPS) is 12.6. The topological polar surface area (TPSA) is 55.4 Å². The molecule has 0 fully saturated rings. The van der Waals surface area contributed by atoms with Crippen LogP contribution in [0.4, 0.5) is 0 Å². The first-order chi connectivity index (χ1) is 13.5. The molecule has 0 aromatic heterocycles. The van der Waals surface area contributed by atoms with Gasteiger partial charge in [-0.05, 0) is 21.4 Å². The van der Waals surface area contributed by atoms with Crippen molar-refractivity contribution >= 4 is 30.7 Å². The van der Waals surface area contributed by atoms with E-state index in [1.165, 1.54) is 7.11 Å². The second-order valence-corrected chi connectivity index (χ2v) is 13.9. The van der Waals surface area contributed by atoms with Crippen LogP contribution in [0.25, 0.3) is 10.8 Å². The molecule has 5 heteroatoms. The van der Waals surface area contributed by atoms with Gasteiger partial charge in [0.25, 0.3) is 0 Å². The summed E-state index contributed by atoms with van der Waals surface area (Å²) >= 11 is 0. The molecule has 0 aliphatic rings. The first-order valence-electron chi connectivity index (χ1n) is 9.88. The van der Waals surface area contributed by atoms with Crippen LogP contribution in [0.3, 0.4) is 0 Å².